The monoisotopic (exact) mass is 404 g/mol. The first-order chi connectivity index (χ1) is 13.3. The van der Waals surface area contributed by atoms with Gasteiger partial charge >= 0.3 is 0 Å². The van der Waals surface area contributed by atoms with Crippen molar-refractivity contribution in [1.29, 1.82) is 0 Å². The maximum Gasteiger partial charge on any atom is 0.238 e. The molecule has 3 amide bonds. The maximum atomic E-state index is 12.1. The van der Waals surface area contributed by atoms with Crippen molar-refractivity contribution < 1.29 is 14.4 Å². The van der Waals surface area contributed by atoms with Gasteiger partial charge in [0.25, 0.3) is 0 Å². The molecule has 1 aromatic carbocycles. The van der Waals surface area contributed by atoms with E-state index in [2.05, 4.69) is 21.5 Å². The number of thiocarbonyl (C=S) groups is 1. The van der Waals surface area contributed by atoms with E-state index in [1.165, 1.54) is 6.42 Å². The first kappa shape index (κ1) is 21.8. The summed E-state index contributed by atoms with van der Waals surface area (Å²) in [5.74, 6) is -0.756. The lowest BCUT2D eigenvalue weighted by Gasteiger charge is -2.21. The van der Waals surface area contributed by atoms with Gasteiger partial charge in [-0.25, -0.2) is 0 Å². The second-order valence-electron chi connectivity index (χ2n) is 7.17. The minimum Gasteiger partial charge on any atom is -0.326 e. The molecule has 0 saturated heterocycles. The average Bonchev–Trinajstić information content (AvgIpc) is 2.68. The molecule has 0 unspecified atom stereocenters. The van der Waals surface area contributed by atoms with E-state index in [4.69, 9.17) is 12.2 Å². The third-order valence-corrected chi connectivity index (χ3v) is 5.10. The third kappa shape index (κ3) is 7.26. The Kier molecular flexibility index (Phi) is 8.38. The molecule has 0 bridgehead atoms. The van der Waals surface area contributed by atoms with Crippen LogP contribution in [0.4, 0.5) is 5.69 Å². The Labute approximate surface area is 171 Å². The van der Waals surface area contributed by atoms with E-state index in [1.54, 1.807) is 0 Å². The molecule has 8 heteroatoms. The SMILES string of the molecule is Cc1ccc(NC(=O)CCC(=O)NNC(=S)NC(=O)C2CCCCC2)cc1C. The highest BCUT2D eigenvalue weighted by molar-refractivity contribution is 7.80. The molecule has 0 heterocycles. The highest BCUT2D eigenvalue weighted by atomic mass is 32.1. The van der Waals surface area contributed by atoms with Crippen LogP contribution in [0.15, 0.2) is 18.2 Å². The fourth-order valence-electron chi connectivity index (χ4n) is 3.07. The van der Waals surface area contributed by atoms with Crippen LogP contribution in [0, 0.1) is 19.8 Å². The highest BCUT2D eigenvalue weighted by Crippen LogP contribution is 2.23. The molecule has 1 saturated carbocycles. The third-order valence-electron chi connectivity index (χ3n) is 4.90. The number of hydrogen-bond donors (Lipinski definition) is 4. The van der Waals surface area contributed by atoms with E-state index in [0.717, 1.165) is 36.8 Å². The number of hydrogen-bond acceptors (Lipinski definition) is 4. The van der Waals surface area contributed by atoms with Crippen LogP contribution in [0.3, 0.4) is 0 Å². The number of benzene rings is 1. The maximum absolute atomic E-state index is 12.1. The number of amides is 3. The Morgan fingerprint density at radius 2 is 1.64 bits per heavy atom. The summed E-state index contributed by atoms with van der Waals surface area (Å²) in [6.45, 7) is 3.97. The summed E-state index contributed by atoms with van der Waals surface area (Å²) in [7, 11) is 0. The van der Waals surface area contributed by atoms with E-state index in [9.17, 15) is 14.4 Å². The van der Waals surface area contributed by atoms with E-state index in [-0.39, 0.29) is 41.6 Å². The van der Waals surface area contributed by atoms with Gasteiger partial charge in [0, 0.05) is 24.4 Å². The smallest absolute Gasteiger partial charge is 0.238 e. The molecule has 1 aliphatic carbocycles. The van der Waals surface area contributed by atoms with Crippen LogP contribution < -0.4 is 21.5 Å². The lowest BCUT2D eigenvalue weighted by atomic mass is 9.89. The molecular formula is C20H28N4O3S. The van der Waals surface area contributed by atoms with Gasteiger partial charge in [-0.1, -0.05) is 25.3 Å². The standard InChI is InChI=1S/C20H28N4O3S/c1-13-8-9-16(12-14(13)2)21-17(25)10-11-18(26)23-24-20(28)22-19(27)15-6-4-3-5-7-15/h8-9,12,15H,3-7,10-11H2,1-2H3,(H,21,25)(H,23,26)(H2,22,24,27,28). The van der Waals surface area contributed by atoms with E-state index in [0.29, 0.717) is 5.69 Å². The summed E-state index contributed by atoms with van der Waals surface area (Å²) in [6, 6.07) is 5.65. The van der Waals surface area contributed by atoms with Crippen LogP contribution >= 0.6 is 12.2 Å². The molecule has 1 fully saturated rings. The quantitative estimate of drug-likeness (QED) is 0.447. The van der Waals surface area contributed by atoms with Gasteiger partial charge < -0.3 is 10.6 Å². The van der Waals surface area contributed by atoms with Crippen molar-refractivity contribution in [3.8, 4) is 0 Å². The molecule has 0 radical (unpaired) electrons. The lowest BCUT2D eigenvalue weighted by molar-refractivity contribution is -0.125. The minimum absolute atomic E-state index is 0.00284. The molecule has 0 atom stereocenters. The van der Waals surface area contributed by atoms with Gasteiger partial charge in [0.1, 0.15) is 0 Å². The summed E-state index contributed by atoms with van der Waals surface area (Å²) in [5.41, 5.74) is 7.85. The molecule has 28 heavy (non-hydrogen) atoms. The molecule has 4 N–H and O–H groups in total. The Bertz CT molecular complexity index is 745. The molecule has 0 aliphatic heterocycles. The van der Waals surface area contributed by atoms with Crippen LogP contribution in [0.2, 0.25) is 0 Å². The van der Waals surface area contributed by atoms with Gasteiger partial charge in [-0.2, -0.15) is 0 Å². The summed E-state index contributed by atoms with van der Waals surface area (Å²) >= 11 is 5.03. The van der Waals surface area contributed by atoms with Crippen molar-refractivity contribution in [1.82, 2.24) is 16.2 Å². The van der Waals surface area contributed by atoms with Crippen LogP contribution in [0.25, 0.3) is 0 Å². The Balaban J connectivity index is 1.64. The molecular weight excluding hydrogens is 376 g/mol. The first-order valence-electron chi connectivity index (χ1n) is 9.62. The number of hydrazine groups is 1. The predicted molar refractivity (Wildman–Crippen MR) is 112 cm³/mol. The van der Waals surface area contributed by atoms with Gasteiger partial charge in [-0.15, -0.1) is 0 Å². The number of rotatable bonds is 5. The number of carbonyl (C=O) groups excluding carboxylic acids is 3. The number of anilines is 1. The fraction of sp³-hybridized carbons (Fsp3) is 0.500. The second-order valence-corrected chi connectivity index (χ2v) is 7.58. The van der Waals surface area contributed by atoms with Gasteiger partial charge in [0.05, 0.1) is 0 Å². The van der Waals surface area contributed by atoms with Gasteiger partial charge in [0.15, 0.2) is 5.11 Å². The van der Waals surface area contributed by atoms with E-state index >= 15 is 0 Å². The Hall–Kier alpha value is -2.48. The topological polar surface area (TPSA) is 99.3 Å². The zero-order valence-electron chi connectivity index (χ0n) is 16.4. The van der Waals surface area contributed by atoms with Gasteiger partial charge in [-0.3, -0.25) is 25.2 Å². The van der Waals surface area contributed by atoms with E-state index in [1.807, 2.05) is 32.0 Å². The van der Waals surface area contributed by atoms with E-state index < -0.39 is 0 Å². The zero-order chi connectivity index (χ0) is 20.5. The number of aryl methyl sites for hydroxylation is 2. The van der Waals surface area contributed by atoms with Crippen LogP contribution in [0.1, 0.15) is 56.1 Å². The molecule has 152 valence electrons. The zero-order valence-corrected chi connectivity index (χ0v) is 17.2. The van der Waals surface area contributed by atoms with Gasteiger partial charge in [-0.05, 0) is 62.2 Å². The Morgan fingerprint density at radius 1 is 0.964 bits per heavy atom. The second kappa shape index (κ2) is 10.8. The van der Waals surface area contributed by atoms with Crippen molar-refractivity contribution in [2.75, 3.05) is 5.32 Å². The van der Waals surface area contributed by atoms with Crippen LogP contribution in [-0.2, 0) is 14.4 Å². The van der Waals surface area contributed by atoms with Crippen LogP contribution in [-0.4, -0.2) is 22.8 Å². The molecule has 1 aliphatic rings. The summed E-state index contributed by atoms with van der Waals surface area (Å²) in [5, 5.41) is 5.43. The summed E-state index contributed by atoms with van der Waals surface area (Å²) in [6.07, 6.45) is 5.06. The predicted octanol–water partition coefficient (Wildman–Crippen LogP) is 2.62. The average molecular weight is 405 g/mol. The summed E-state index contributed by atoms with van der Waals surface area (Å²) < 4.78 is 0. The summed E-state index contributed by atoms with van der Waals surface area (Å²) in [4.78, 5) is 35.9. The highest BCUT2D eigenvalue weighted by Gasteiger charge is 2.21. The first-order valence-corrected chi connectivity index (χ1v) is 10.0. The molecule has 2 rings (SSSR count). The molecule has 7 nitrogen and oxygen atoms in total. The lowest BCUT2D eigenvalue weighted by Crippen LogP contribution is -2.49. The van der Waals surface area contributed by atoms with Crippen molar-refractivity contribution in [2.24, 2.45) is 5.92 Å². The van der Waals surface area contributed by atoms with Gasteiger partial charge in [0.2, 0.25) is 17.7 Å². The van der Waals surface area contributed by atoms with Crippen molar-refractivity contribution >= 4 is 40.7 Å². The van der Waals surface area contributed by atoms with Crippen molar-refractivity contribution in [2.45, 2.75) is 58.8 Å². The molecule has 0 aromatic heterocycles. The minimum atomic E-state index is -0.385. The fourth-order valence-corrected chi connectivity index (χ4v) is 3.22. The normalized spacial score (nSPS) is 14.1. The Morgan fingerprint density at radius 3 is 2.32 bits per heavy atom. The van der Waals surface area contributed by atoms with Crippen molar-refractivity contribution in [3.63, 3.8) is 0 Å². The molecule has 1 aromatic rings. The van der Waals surface area contributed by atoms with Crippen LogP contribution in [0.5, 0.6) is 0 Å². The number of nitrogens with one attached hydrogen (secondary N) is 4. The largest absolute Gasteiger partial charge is 0.326 e. The number of carbonyl (C=O) groups is 3. The van der Waals surface area contributed by atoms with Crippen molar-refractivity contribution in [3.05, 3.63) is 29.3 Å². The molecule has 0 spiro atoms.